The summed E-state index contributed by atoms with van der Waals surface area (Å²) in [6, 6.07) is 0. The molecule has 0 aliphatic carbocycles. The monoisotopic (exact) mass is 230 g/mol. The van der Waals surface area contributed by atoms with Gasteiger partial charge < -0.3 is 10.2 Å². The summed E-state index contributed by atoms with van der Waals surface area (Å²) < 4.78 is 0. The van der Waals surface area contributed by atoms with Crippen LogP contribution in [0.4, 0.5) is 0 Å². The van der Waals surface area contributed by atoms with E-state index >= 15 is 0 Å². The van der Waals surface area contributed by atoms with Crippen LogP contribution >= 0.6 is 0 Å². The van der Waals surface area contributed by atoms with Gasteiger partial charge in [0.1, 0.15) is 0 Å². The number of hydrogen-bond donors (Lipinski definition) is 2. The Labute approximate surface area is 101 Å². The fourth-order valence-electron chi connectivity index (χ4n) is 2.51. The molecule has 0 heterocycles. The molecule has 0 aromatic rings. The number of rotatable bonds is 7. The van der Waals surface area contributed by atoms with E-state index in [2.05, 4.69) is 27.7 Å². The van der Waals surface area contributed by atoms with Crippen molar-refractivity contribution < 1.29 is 10.2 Å². The van der Waals surface area contributed by atoms with Gasteiger partial charge in [0, 0.05) is 5.92 Å². The summed E-state index contributed by atoms with van der Waals surface area (Å²) in [5, 5.41) is 18.9. The zero-order valence-corrected chi connectivity index (χ0v) is 11.8. The molecule has 3 atom stereocenters. The summed E-state index contributed by atoms with van der Waals surface area (Å²) in [6.07, 6.45) is 3.32. The van der Waals surface area contributed by atoms with Gasteiger partial charge in [-0.25, -0.2) is 0 Å². The van der Waals surface area contributed by atoms with Crippen LogP contribution in [-0.4, -0.2) is 16.0 Å². The van der Waals surface area contributed by atoms with E-state index < -0.39 is 5.79 Å². The second kappa shape index (κ2) is 6.61. The predicted molar refractivity (Wildman–Crippen MR) is 69.0 cm³/mol. The lowest BCUT2D eigenvalue weighted by atomic mass is 9.84. The normalized spacial score (nSPS) is 18.6. The summed E-state index contributed by atoms with van der Waals surface area (Å²) in [6.45, 7) is 12.4. The van der Waals surface area contributed by atoms with Crippen LogP contribution in [0.5, 0.6) is 0 Å². The quantitative estimate of drug-likeness (QED) is 0.658. The fourth-order valence-corrected chi connectivity index (χ4v) is 2.51. The first kappa shape index (κ1) is 15.9. The molecule has 0 fully saturated rings. The van der Waals surface area contributed by atoms with Crippen molar-refractivity contribution in [3.63, 3.8) is 0 Å². The van der Waals surface area contributed by atoms with Crippen molar-refractivity contribution in [3.8, 4) is 0 Å². The van der Waals surface area contributed by atoms with E-state index in [1.54, 1.807) is 0 Å². The van der Waals surface area contributed by atoms with Crippen LogP contribution in [0.2, 0.25) is 0 Å². The third kappa shape index (κ3) is 7.24. The number of hydrogen-bond acceptors (Lipinski definition) is 2. The maximum Gasteiger partial charge on any atom is 0.162 e. The third-order valence-electron chi connectivity index (χ3n) is 3.37. The Morgan fingerprint density at radius 3 is 1.62 bits per heavy atom. The average molecular weight is 230 g/mol. The molecule has 2 nitrogen and oxygen atoms in total. The first-order valence-corrected chi connectivity index (χ1v) is 6.57. The van der Waals surface area contributed by atoms with Gasteiger partial charge in [0.2, 0.25) is 0 Å². The molecule has 98 valence electrons. The van der Waals surface area contributed by atoms with E-state index in [4.69, 9.17) is 0 Å². The first-order chi connectivity index (χ1) is 7.12. The molecule has 2 heteroatoms. The zero-order valence-electron chi connectivity index (χ0n) is 11.8. The lowest BCUT2D eigenvalue weighted by Crippen LogP contribution is -2.33. The summed E-state index contributed by atoms with van der Waals surface area (Å²) in [5.41, 5.74) is 0. The van der Waals surface area contributed by atoms with Crippen LogP contribution in [0.3, 0.4) is 0 Å². The average Bonchev–Trinajstić information content (AvgIpc) is 1.98. The third-order valence-corrected chi connectivity index (χ3v) is 3.37. The summed E-state index contributed by atoms with van der Waals surface area (Å²) in [5.74, 6) is 0.442. The predicted octanol–water partition coefficient (Wildman–Crippen LogP) is 3.42. The molecular weight excluding hydrogens is 200 g/mol. The van der Waals surface area contributed by atoms with Gasteiger partial charge in [-0.15, -0.1) is 0 Å². The van der Waals surface area contributed by atoms with Gasteiger partial charge in [-0.1, -0.05) is 34.6 Å². The van der Waals surface area contributed by atoms with Crippen LogP contribution < -0.4 is 0 Å². The molecule has 0 spiro atoms. The molecule has 3 unspecified atom stereocenters. The maximum absolute atomic E-state index is 9.47. The molecule has 16 heavy (non-hydrogen) atoms. The molecule has 0 rings (SSSR count). The fraction of sp³-hybridized carbons (Fsp3) is 1.00. The lowest BCUT2D eigenvalue weighted by Gasteiger charge is -2.28. The molecule has 0 aromatic heterocycles. The highest BCUT2D eigenvalue weighted by Crippen LogP contribution is 2.27. The van der Waals surface area contributed by atoms with E-state index in [9.17, 15) is 10.2 Å². The van der Waals surface area contributed by atoms with Crippen LogP contribution in [-0.2, 0) is 0 Å². The van der Waals surface area contributed by atoms with Crippen molar-refractivity contribution in [2.24, 2.45) is 23.7 Å². The van der Waals surface area contributed by atoms with Crippen LogP contribution in [0, 0.1) is 23.7 Å². The largest absolute Gasteiger partial charge is 0.366 e. The standard InChI is InChI=1S/C14H30O2/c1-10(2)7-11(3)8-12(4)9-13(5)14(6,15)16/h10-13,15-16H,7-9H2,1-6H3. The summed E-state index contributed by atoms with van der Waals surface area (Å²) >= 11 is 0. The van der Waals surface area contributed by atoms with Gasteiger partial charge in [0.25, 0.3) is 0 Å². The molecule has 2 N–H and O–H groups in total. The van der Waals surface area contributed by atoms with E-state index in [-0.39, 0.29) is 5.92 Å². The maximum atomic E-state index is 9.47. The van der Waals surface area contributed by atoms with Gasteiger partial charge in [0.05, 0.1) is 0 Å². The first-order valence-electron chi connectivity index (χ1n) is 6.57. The van der Waals surface area contributed by atoms with Crippen LogP contribution in [0.1, 0.15) is 60.8 Å². The highest BCUT2D eigenvalue weighted by molar-refractivity contribution is 4.71. The van der Waals surface area contributed by atoms with E-state index in [1.165, 1.54) is 19.8 Å². The SMILES string of the molecule is CC(C)CC(C)CC(C)CC(C)C(C)(O)O. The minimum atomic E-state index is -1.53. The molecule has 0 bridgehead atoms. The van der Waals surface area contributed by atoms with Crippen molar-refractivity contribution in [1.29, 1.82) is 0 Å². The van der Waals surface area contributed by atoms with Crippen molar-refractivity contribution in [2.75, 3.05) is 0 Å². The molecule has 0 saturated heterocycles. The Morgan fingerprint density at radius 1 is 0.812 bits per heavy atom. The summed E-state index contributed by atoms with van der Waals surface area (Å²) in [4.78, 5) is 0. The Bertz CT molecular complexity index is 182. The lowest BCUT2D eigenvalue weighted by molar-refractivity contribution is -0.184. The van der Waals surface area contributed by atoms with Crippen molar-refractivity contribution in [1.82, 2.24) is 0 Å². The zero-order chi connectivity index (χ0) is 12.9. The molecular formula is C14H30O2. The number of aliphatic hydroxyl groups is 2. The van der Waals surface area contributed by atoms with E-state index in [0.29, 0.717) is 5.92 Å². The van der Waals surface area contributed by atoms with Gasteiger partial charge >= 0.3 is 0 Å². The van der Waals surface area contributed by atoms with Crippen molar-refractivity contribution in [3.05, 3.63) is 0 Å². The Morgan fingerprint density at radius 2 is 1.25 bits per heavy atom. The molecule has 0 aromatic carbocycles. The second-order valence-corrected chi connectivity index (χ2v) is 6.31. The van der Waals surface area contributed by atoms with Crippen LogP contribution in [0.25, 0.3) is 0 Å². The molecule has 0 aliphatic rings. The van der Waals surface area contributed by atoms with Gasteiger partial charge in [0.15, 0.2) is 5.79 Å². The Kier molecular flexibility index (Phi) is 6.57. The van der Waals surface area contributed by atoms with Gasteiger partial charge in [-0.05, 0) is 43.9 Å². The van der Waals surface area contributed by atoms with Crippen molar-refractivity contribution >= 4 is 0 Å². The topological polar surface area (TPSA) is 40.5 Å². The molecule has 0 radical (unpaired) electrons. The van der Waals surface area contributed by atoms with Gasteiger partial charge in [-0.2, -0.15) is 0 Å². The smallest absolute Gasteiger partial charge is 0.162 e. The van der Waals surface area contributed by atoms with Crippen molar-refractivity contribution in [2.45, 2.75) is 66.6 Å². The molecule has 0 saturated carbocycles. The minimum Gasteiger partial charge on any atom is -0.366 e. The van der Waals surface area contributed by atoms with E-state index in [0.717, 1.165) is 18.3 Å². The highest BCUT2D eigenvalue weighted by Gasteiger charge is 2.26. The molecule has 0 amide bonds. The van der Waals surface area contributed by atoms with Gasteiger partial charge in [-0.3, -0.25) is 0 Å². The summed E-state index contributed by atoms with van der Waals surface area (Å²) in [7, 11) is 0. The van der Waals surface area contributed by atoms with E-state index in [1.807, 2.05) is 6.92 Å². The minimum absolute atomic E-state index is 0.0613. The highest BCUT2D eigenvalue weighted by atomic mass is 16.5. The Balaban J connectivity index is 3.94. The van der Waals surface area contributed by atoms with Crippen LogP contribution in [0.15, 0.2) is 0 Å². The second-order valence-electron chi connectivity index (χ2n) is 6.31. The Hall–Kier alpha value is -0.0800. The molecule has 0 aliphatic heterocycles.